The van der Waals surface area contributed by atoms with Crippen LogP contribution in [0.25, 0.3) is 0 Å². The largest absolute Gasteiger partial charge is 0.493 e. The molecule has 6 nitrogen and oxygen atoms in total. The Hall–Kier alpha value is -3.39. The molecule has 154 valence electrons. The Morgan fingerprint density at radius 2 is 1.77 bits per heavy atom. The van der Waals surface area contributed by atoms with Gasteiger partial charge in [0.15, 0.2) is 0 Å². The van der Waals surface area contributed by atoms with Crippen LogP contribution in [0.4, 0.5) is 10.1 Å². The van der Waals surface area contributed by atoms with E-state index in [2.05, 4.69) is 10.0 Å². The summed E-state index contributed by atoms with van der Waals surface area (Å²) in [6.07, 6.45) is 0.607. The van der Waals surface area contributed by atoms with Crippen LogP contribution in [0.1, 0.15) is 28.4 Å². The maximum Gasteiger partial charge on any atom is 0.262 e. The molecule has 3 aromatic rings. The van der Waals surface area contributed by atoms with Gasteiger partial charge >= 0.3 is 0 Å². The van der Waals surface area contributed by atoms with Crippen molar-refractivity contribution in [1.82, 2.24) is 5.32 Å². The Labute approximate surface area is 173 Å². The first-order chi connectivity index (χ1) is 14.4. The summed E-state index contributed by atoms with van der Waals surface area (Å²) in [4.78, 5) is 12.7. The van der Waals surface area contributed by atoms with E-state index in [0.29, 0.717) is 13.0 Å². The van der Waals surface area contributed by atoms with Gasteiger partial charge in [0.2, 0.25) is 0 Å². The van der Waals surface area contributed by atoms with Gasteiger partial charge in [-0.15, -0.1) is 0 Å². The van der Waals surface area contributed by atoms with Crippen LogP contribution >= 0.6 is 0 Å². The minimum absolute atomic E-state index is 0.134. The molecule has 1 aliphatic heterocycles. The summed E-state index contributed by atoms with van der Waals surface area (Å²) < 4.78 is 47.0. The SMILES string of the molecule is O=C(N[C@@H]1CCOc2ccccc21)c1cccc(S(=O)(=O)Nc2ccccc2F)c1. The van der Waals surface area contributed by atoms with Gasteiger partial charge in [-0.05, 0) is 36.4 Å². The summed E-state index contributed by atoms with van der Waals surface area (Å²) in [5.74, 6) is -0.368. The van der Waals surface area contributed by atoms with E-state index in [-0.39, 0.29) is 22.2 Å². The molecule has 0 fully saturated rings. The third-order valence-corrected chi connectivity index (χ3v) is 6.15. The number of hydrogen-bond donors (Lipinski definition) is 2. The van der Waals surface area contributed by atoms with Crippen molar-refractivity contribution in [2.45, 2.75) is 17.4 Å². The van der Waals surface area contributed by atoms with Gasteiger partial charge in [0, 0.05) is 17.5 Å². The quantitative estimate of drug-likeness (QED) is 0.649. The van der Waals surface area contributed by atoms with Gasteiger partial charge in [-0.2, -0.15) is 0 Å². The highest BCUT2D eigenvalue weighted by Gasteiger charge is 2.24. The third-order valence-electron chi connectivity index (χ3n) is 4.79. The Balaban J connectivity index is 1.55. The second-order valence-corrected chi connectivity index (χ2v) is 8.50. The minimum atomic E-state index is -4.06. The fraction of sp³-hybridized carbons (Fsp3) is 0.136. The van der Waals surface area contributed by atoms with Crippen molar-refractivity contribution < 1.29 is 22.3 Å². The van der Waals surface area contributed by atoms with Crippen LogP contribution in [0.2, 0.25) is 0 Å². The van der Waals surface area contributed by atoms with Crippen LogP contribution in [0, 0.1) is 5.82 Å². The lowest BCUT2D eigenvalue weighted by atomic mass is 10.00. The summed E-state index contributed by atoms with van der Waals surface area (Å²) in [5.41, 5.74) is 0.906. The molecule has 30 heavy (non-hydrogen) atoms. The molecule has 2 N–H and O–H groups in total. The molecular weight excluding hydrogens is 407 g/mol. The van der Waals surface area contributed by atoms with Crippen molar-refractivity contribution >= 4 is 21.6 Å². The zero-order chi connectivity index (χ0) is 21.1. The number of fused-ring (bicyclic) bond motifs is 1. The summed E-state index contributed by atoms with van der Waals surface area (Å²) in [6, 6.07) is 18.3. The molecule has 0 saturated carbocycles. The fourth-order valence-corrected chi connectivity index (χ4v) is 4.40. The molecule has 1 amide bonds. The zero-order valence-electron chi connectivity index (χ0n) is 15.8. The number of carbonyl (C=O) groups excluding carboxylic acids is 1. The van der Waals surface area contributed by atoms with Gasteiger partial charge in [0.25, 0.3) is 15.9 Å². The van der Waals surface area contributed by atoms with E-state index in [0.717, 1.165) is 17.4 Å². The van der Waals surface area contributed by atoms with Crippen LogP contribution < -0.4 is 14.8 Å². The highest BCUT2D eigenvalue weighted by molar-refractivity contribution is 7.92. The number of ether oxygens (including phenoxy) is 1. The van der Waals surface area contributed by atoms with Crippen LogP contribution in [0.5, 0.6) is 5.75 Å². The molecule has 8 heteroatoms. The Kier molecular flexibility index (Phi) is 5.41. The maximum atomic E-state index is 13.8. The topological polar surface area (TPSA) is 84.5 Å². The number of sulfonamides is 1. The van der Waals surface area contributed by atoms with Crippen LogP contribution in [-0.4, -0.2) is 20.9 Å². The van der Waals surface area contributed by atoms with Gasteiger partial charge in [-0.25, -0.2) is 12.8 Å². The molecule has 1 heterocycles. The van der Waals surface area contributed by atoms with Crippen molar-refractivity contribution in [1.29, 1.82) is 0 Å². The number of halogens is 1. The highest BCUT2D eigenvalue weighted by atomic mass is 32.2. The second kappa shape index (κ2) is 8.16. The molecule has 4 rings (SSSR count). The zero-order valence-corrected chi connectivity index (χ0v) is 16.7. The van der Waals surface area contributed by atoms with E-state index < -0.39 is 21.7 Å². The van der Waals surface area contributed by atoms with E-state index in [4.69, 9.17) is 4.74 Å². The highest BCUT2D eigenvalue weighted by Crippen LogP contribution is 2.31. The Bertz CT molecular complexity index is 1200. The summed E-state index contributed by atoms with van der Waals surface area (Å²) >= 11 is 0. The molecule has 0 saturated heterocycles. The predicted octanol–water partition coefficient (Wildman–Crippen LogP) is 3.88. The number of para-hydroxylation sites is 2. The molecule has 0 radical (unpaired) electrons. The van der Waals surface area contributed by atoms with Gasteiger partial charge in [0.05, 0.1) is 23.2 Å². The van der Waals surface area contributed by atoms with Crippen molar-refractivity contribution in [2.24, 2.45) is 0 Å². The summed E-state index contributed by atoms with van der Waals surface area (Å²) in [5, 5.41) is 2.93. The molecule has 0 aliphatic carbocycles. The van der Waals surface area contributed by atoms with E-state index >= 15 is 0 Å². The lowest BCUT2D eigenvalue weighted by molar-refractivity contribution is 0.0924. The smallest absolute Gasteiger partial charge is 0.262 e. The first-order valence-electron chi connectivity index (χ1n) is 9.34. The standard InChI is InChI=1S/C22H19FN2O4S/c23-18-9-2-3-10-20(18)25-30(27,28)16-7-5-6-15(14-16)22(26)24-19-12-13-29-21-11-4-1-8-17(19)21/h1-11,14,19,25H,12-13H2,(H,24,26)/t19-/m1/s1. The lowest BCUT2D eigenvalue weighted by Crippen LogP contribution is -2.32. The van der Waals surface area contributed by atoms with Crippen molar-refractivity contribution in [3.05, 3.63) is 89.7 Å². The molecule has 0 unspecified atom stereocenters. The van der Waals surface area contributed by atoms with E-state index in [9.17, 15) is 17.6 Å². The monoisotopic (exact) mass is 426 g/mol. The summed E-state index contributed by atoms with van der Waals surface area (Å²) in [6.45, 7) is 0.475. The number of nitrogens with one attached hydrogen (secondary N) is 2. The number of hydrogen-bond acceptors (Lipinski definition) is 4. The van der Waals surface area contributed by atoms with Crippen LogP contribution in [0.3, 0.4) is 0 Å². The predicted molar refractivity (Wildman–Crippen MR) is 110 cm³/mol. The normalized spacial score (nSPS) is 15.6. The number of carbonyl (C=O) groups is 1. The number of benzene rings is 3. The molecule has 1 atom stereocenters. The molecule has 0 spiro atoms. The maximum absolute atomic E-state index is 13.8. The average molecular weight is 426 g/mol. The molecule has 0 aromatic heterocycles. The van der Waals surface area contributed by atoms with Gasteiger partial charge < -0.3 is 10.1 Å². The van der Waals surface area contributed by atoms with Crippen molar-refractivity contribution in [3.8, 4) is 5.75 Å². The Morgan fingerprint density at radius 3 is 2.60 bits per heavy atom. The van der Waals surface area contributed by atoms with Gasteiger partial charge in [-0.1, -0.05) is 36.4 Å². The Morgan fingerprint density at radius 1 is 1.00 bits per heavy atom. The van der Waals surface area contributed by atoms with E-state index in [1.54, 1.807) is 0 Å². The van der Waals surface area contributed by atoms with Crippen LogP contribution in [0.15, 0.2) is 77.7 Å². The molecule has 0 bridgehead atoms. The van der Waals surface area contributed by atoms with E-state index in [1.165, 1.54) is 42.5 Å². The van der Waals surface area contributed by atoms with Crippen molar-refractivity contribution in [3.63, 3.8) is 0 Å². The number of amides is 1. The lowest BCUT2D eigenvalue weighted by Gasteiger charge is -2.26. The van der Waals surface area contributed by atoms with Gasteiger partial charge in [0.1, 0.15) is 11.6 Å². The second-order valence-electron chi connectivity index (χ2n) is 6.81. The summed E-state index contributed by atoms with van der Waals surface area (Å²) in [7, 11) is -4.06. The van der Waals surface area contributed by atoms with Crippen molar-refractivity contribution in [2.75, 3.05) is 11.3 Å². The van der Waals surface area contributed by atoms with Gasteiger partial charge in [-0.3, -0.25) is 9.52 Å². The first-order valence-corrected chi connectivity index (χ1v) is 10.8. The third kappa shape index (κ3) is 4.13. The van der Waals surface area contributed by atoms with Crippen LogP contribution in [-0.2, 0) is 10.0 Å². The average Bonchev–Trinajstić information content (AvgIpc) is 2.75. The number of anilines is 1. The first kappa shape index (κ1) is 19.9. The number of rotatable bonds is 5. The molecular formula is C22H19FN2O4S. The minimum Gasteiger partial charge on any atom is -0.493 e. The fourth-order valence-electron chi connectivity index (χ4n) is 3.29. The molecule has 1 aliphatic rings. The molecule has 3 aromatic carbocycles. The van der Waals surface area contributed by atoms with E-state index in [1.807, 2.05) is 24.3 Å².